The lowest BCUT2D eigenvalue weighted by atomic mass is 10.1. The highest BCUT2D eigenvalue weighted by atomic mass is 16.5. The Morgan fingerprint density at radius 2 is 2.28 bits per heavy atom. The third-order valence-electron chi connectivity index (χ3n) is 4.33. The maximum atomic E-state index is 11.7. The molecule has 0 aliphatic carbocycles. The van der Waals surface area contributed by atoms with Crippen molar-refractivity contribution in [3.05, 3.63) is 35.4 Å². The monoisotopic (exact) mass is 346 g/mol. The van der Waals surface area contributed by atoms with Gasteiger partial charge in [-0.3, -0.25) is 9.79 Å². The van der Waals surface area contributed by atoms with Crippen molar-refractivity contribution >= 4 is 11.9 Å². The number of ether oxygens (including phenoxy) is 1. The van der Waals surface area contributed by atoms with Crippen LogP contribution in [0.4, 0.5) is 0 Å². The lowest BCUT2D eigenvalue weighted by Gasteiger charge is -2.24. The van der Waals surface area contributed by atoms with Crippen molar-refractivity contribution in [2.24, 2.45) is 10.9 Å². The van der Waals surface area contributed by atoms with Crippen molar-refractivity contribution in [3.63, 3.8) is 0 Å². The van der Waals surface area contributed by atoms with E-state index in [9.17, 15) is 4.79 Å². The number of hydrogen-bond acceptors (Lipinski definition) is 3. The average Bonchev–Trinajstić information content (AvgIpc) is 3.13. The Bertz CT molecular complexity index is 583. The third kappa shape index (κ3) is 6.05. The topological polar surface area (TPSA) is 66.0 Å². The summed E-state index contributed by atoms with van der Waals surface area (Å²) in [6.45, 7) is 6.28. The van der Waals surface area contributed by atoms with Crippen LogP contribution in [0, 0.1) is 5.92 Å². The van der Waals surface area contributed by atoms with Crippen LogP contribution in [0.5, 0.6) is 0 Å². The van der Waals surface area contributed by atoms with Crippen molar-refractivity contribution in [2.45, 2.75) is 19.8 Å². The van der Waals surface area contributed by atoms with Crippen LogP contribution < -0.4 is 10.6 Å². The smallest absolute Gasteiger partial charge is 0.251 e. The van der Waals surface area contributed by atoms with Gasteiger partial charge in [-0.1, -0.05) is 12.1 Å². The third-order valence-corrected chi connectivity index (χ3v) is 4.33. The highest BCUT2D eigenvalue weighted by Crippen LogP contribution is 2.13. The molecule has 6 nitrogen and oxygen atoms in total. The van der Waals surface area contributed by atoms with Gasteiger partial charge in [-0.15, -0.1) is 0 Å². The van der Waals surface area contributed by atoms with E-state index in [0.29, 0.717) is 18.0 Å². The number of nitrogens with one attached hydrogen (secondary N) is 2. The van der Waals surface area contributed by atoms with Crippen LogP contribution in [0.2, 0.25) is 0 Å². The zero-order valence-corrected chi connectivity index (χ0v) is 15.5. The first kappa shape index (κ1) is 19.2. The summed E-state index contributed by atoms with van der Waals surface area (Å²) in [4.78, 5) is 18.6. The van der Waals surface area contributed by atoms with E-state index in [4.69, 9.17) is 9.73 Å². The molecule has 6 heteroatoms. The van der Waals surface area contributed by atoms with Gasteiger partial charge in [0.25, 0.3) is 5.91 Å². The SMILES string of the molecule is CCNC(=NCCc1cccc(C(=O)NC)c1)N(C)CC1CCOC1. The van der Waals surface area contributed by atoms with E-state index < -0.39 is 0 Å². The molecule has 1 aromatic rings. The van der Waals surface area contributed by atoms with Gasteiger partial charge in [-0.25, -0.2) is 0 Å². The number of amides is 1. The first-order valence-corrected chi connectivity index (χ1v) is 9.02. The molecule has 1 unspecified atom stereocenters. The van der Waals surface area contributed by atoms with Crippen LogP contribution in [0.25, 0.3) is 0 Å². The normalized spacial score (nSPS) is 17.4. The molecule has 1 fully saturated rings. The number of rotatable bonds is 7. The van der Waals surface area contributed by atoms with Crippen LogP contribution in [0.1, 0.15) is 29.3 Å². The molecular formula is C19H30N4O2. The van der Waals surface area contributed by atoms with Crippen molar-refractivity contribution in [3.8, 4) is 0 Å². The maximum Gasteiger partial charge on any atom is 0.251 e. The summed E-state index contributed by atoms with van der Waals surface area (Å²) in [5.74, 6) is 1.45. The Balaban J connectivity index is 1.92. The first-order chi connectivity index (χ1) is 12.1. The molecule has 25 heavy (non-hydrogen) atoms. The summed E-state index contributed by atoms with van der Waals surface area (Å²) in [6.07, 6.45) is 1.93. The molecule has 138 valence electrons. The maximum absolute atomic E-state index is 11.7. The van der Waals surface area contributed by atoms with E-state index in [2.05, 4.69) is 29.5 Å². The van der Waals surface area contributed by atoms with Gasteiger partial charge in [-0.05, 0) is 37.5 Å². The molecule has 1 heterocycles. The summed E-state index contributed by atoms with van der Waals surface area (Å²) in [5, 5.41) is 6.01. The Hall–Kier alpha value is -2.08. The van der Waals surface area contributed by atoms with Crippen LogP contribution in [0.15, 0.2) is 29.3 Å². The Morgan fingerprint density at radius 3 is 2.96 bits per heavy atom. The van der Waals surface area contributed by atoms with Gasteiger partial charge in [0.2, 0.25) is 0 Å². The minimum Gasteiger partial charge on any atom is -0.381 e. The van der Waals surface area contributed by atoms with Gasteiger partial charge in [-0.2, -0.15) is 0 Å². The van der Waals surface area contributed by atoms with Gasteiger partial charge >= 0.3 is 0 Å². The number of nitrogens with zero attached hydrogens (tertiary/aromatic N) is 2. The van der Waals surface area contributed by atoms with Gasteiger partial charge in [0.05, 0.1) is 6.61 Å². The molecule has 1 saturated heterocycles. The molecule has 1 amide bonds. The number of carbonyl (C=O) groups is 1. The lowest BCUT2D eigenvalue weighted by molar-refractivity contribution is 0.0963. The zero-order chi connectivity index (χ0) is 18.1. The second-order valence-electron chi connectivity index (χ2n) is 6.38. The van der Waals surface area contributed by atoms with Gasteiger partial charge in [0.1, 0.15) is 0 Å². The molecule has 2 rings (SSSR count). The molecule has 2 N–H and O–H groups in total. The van der Waals surface area contributed by atoms with E-state index in [-0.39, 0.29) is 5.91 Å². The largest absolute Gasteiger partial charge is 0.381 e. The summed E-state index contributed by atoms with van der Waals surface area (Å²) < 4.78 is 5.46. The minimum atomic E-state index is -0.0581. The fourth-order valence-corrected chi connectivity index (χ4v) is 2.97. The molecule has 0 bridgehead atoms. The van der Waals surface area contributed by atoms with E-state index in [1.54, 1.807) is 7.05 Å². The Morgan fingerprint density at radius 1 is 1.44 bits per heavy atom. The van der Waals surface area contributed by atoms with Gasteiger partial charge in [0, 0.05) is 51.8 Å². The van der Waals surface area contributed by atoms with Crippen LogP contribution in [0.3, 0.4) is 0 Å². The standard InChI is InChI=1S/C19H30N4O2/c1-4-21-19(23(3)13-16-9-11-25-14-16)22-10-8-15-6-5-7-17(12-15)18(24)20-2/h5-7,12,16H,4,8-11,13-14H2,1-3H3,(H,20,24)(H,21,22). The molecule has 1 aliphatic heterocycles. The number of aliphatic imine (C=N–C) groups is 1. The average molecular weight is 346 g/mol. The Kier molecular flexibility index (Phi) is 7.73. The lowest BCUT2D eigenvalue weighted by Crippen LogP contribution is -2.41. The number of guanidine groups is 1. The molecule has 1 aliphatic rings. The highest BCUT2D eigenvalue weighted by molar-refractivity contribution is 5.94. The number of hydrogen-bond donors (Lipinski definition) is 2. The van der Waals surface area contributed by atoms with Crippen molar-refractivity contribution in [1.82, 2.24) is 15.5 Å². The second kappa shape index (κ2) is 10.0. The van der Waals surface area contributed by atoms with E-state index in [1.807, 2.05) is 24.3 Å². The van der Waals surface area contributed by atoms with Crippen LogP contribution >= 0.6 is 0 Å². The molecule has 1 atom stereocenters. The Labute approximate surface area is 150 Å². The van der Waals surface area contributed by atoms with Crippen molar-refractivity contribution in [1.29, 1.82) is 0 Å². The quantitative estimate of drug-likeness (QED) is 0.580. The molecule has 1 aromatic carbocycles. The van der Waals surface area contributed by atoms with Crippen LogP contribution in [-0.4, -0.2) is 63.7 Å². The molecular weight excluding hydrogens is 316 g/mol. The summed E-state index contributed by atoms with van der Waals surface area (Å²) in [6, 6.07) is 7.71. The van der Waals surface area contributed by atoms with Crippen molar-refractivity contribution in [2.75, 3.05) is 46.9 Å². The van der Waals surface area contributed by atoms with Gasteiger partial charge < -0.3 is 20.3 Å². The van der Waals surface area contributed by atoms with E-state index >= 15 is 0 Å². The second-order valence-corrected chi connectivity index (χ2v) is 6.38. The summed E-state index contributed by atoms with van der Waals surface area (Å²) in [7, 11) is 3.72. The van der Waals surface area contributed by atoms with Gasteiger partial charge in [0.15, 0.2) is 5.96 Å². The van der Waals surface area contributed by atoms with Crippen LogP contribution in [-0.2, 0) is 11.2 Å². The van der Waals surface area contributed by atoms with E-state index in [1.165, 1.54) is 0 Å². The zero-order valence-electron chi connectivity index (χ0n) is 15.5. The molecule has 0 radical (unpaired) electrons. The first-order valence-electron chi connectivity index (χ1n) is 9.02. The minimum absolute atomic E-state index is 0.0581. The fourth-order valence-electron chi connectivity index (χ4n) is 2.97. The predicted molar refractivity (Wildman–Crippen MR) is 101 cm³/mol. The summed E-state index contributed by atoms with van der Waals surface area (Å²) >= 11 is 0. The molecule has 0 spiro atoms. The summed E-state index contributed by atoms with van der Waals surface area (Å²) in [5.41, 5.74) is 1.81. The van der Waals surface area contributed by atoms with E-state index in [0.717, 1.165) is 50.7 Å². The molecule has 0 aromatic heterocycles. The predicted octanol–water partition coefficient (Wildman–Crippen LogP) is 1.52. The fraction of sp³-hybridized carbons (Fsp3) is 0.579. The molecule has 0 saturated carbocycles. The number of carbonyl (C=O) groups excluding carboxylic acids is 1. The number of benzene rings is 1. The van der Waals surface area contributed by atoms with Crippen molar-refractivity contribution < 1.29 is 9.53 Å². The highest BCUT2D eigenvalue weighted by Gasteiger charge is 2.18.